The standard InChI is InChI=1S/C27H51N3O8/c1-10-16(2)22(29-8)24(34)30(9)23(17(3)12-11-13-18(4)31)25(35)38-27(26(36)37,14-19(5)32)15-21(33)20(6)28-7/h16-20,22-23,28-29,31-32H,10-15H2,1-9H3,(H,36,37)/t16-,17-,18?,19?,20-,22-,23-,27?/m0/s1. The molecule has 0 spiro atoms. The summed E-state index contributed by atoms with van der Waals surface area (Å²) in [5, 5.41) is 35.6. The maximum Gasteiger partial charge on any atom is 0.348 e. The van der Waals surface area contributed by atoms with E-state index in [2.05, 4.69) is 10.6 Å². The highest BCUT2D eigenvalue weighted by atomic mass is 16.6. The lowest BCUT2D eigenvalue weighted by Gasteiger charge is -2.38. The first kappa shape index (κ1) is 35.9. The fourth-order valence-electron chi connectivity index (χ4n) is 4.59. The number of Topliss-reactive ketones (excluding diaryl/α,β-unsaturated/α-hetero) is 1. The number of rotatable bonds is 19. The van der Waals surface area contributed by atoms with E-state index in [-0.39, 0.29) is 11.8 Å². The molecule has 0 aromatic carbocycles. The molecule has 0 fully saturated rings. The molecule has 11 heteroatoms. The average molecular weight is 546 g/mol. The molecule has 0 aliphatic carbocycles. The Bertz CT molecular complexity index is 775. The van der Waals surface area contributed by atoms with Crippen LogP contribution in [-0.4, -0.2) is 101 Å². The second-order valence-electron chi connectivity index (χ2n) is 10.7. The molecule has 5 N–H and O–H groups in total. The Labute approximate surface area is 227 Å². The first-order valence-electron chi connectivity index (χ1n) is 13.5. The molecule has 1 amide bonds. The summed E-state index contributed by atoms with van der Waals surface area (Å²) in [7, 11) is 4.69. The molecule has 38 heavy (non-hydrogen) atoms. The van der Waals surface area contributed by atoms with Crippen LogP contribution in [0.3, 0.4) is 0 Å². The van der Waals surface area contributed by atoms with Gasteiger partial charge >= 0.3 is 11.9 Å². The number of ketones is 1. The van der Waals surface area contributed by atoms with Crippen molar-refractivity contribution in [1.82, 2.24) is 15.5 Å². The summed E-state index contributed by atoms with van der Waals surface area (Å²) in [6.45, 7) is 10.2. The quantitative estimate of drug-likeness (QED) is 0.150. The van der Waals surface area contributed by atoms with Crippen LogP contribution in [-0.2, 0) is 23.9 Å². The molecule has 0 aromatic rings. The molecule has 3 unspecified atom stereocenters. The van der Waals surface area contributed by atoms with Crippen molar-refractivity contribution in [3.05, 3.63) is 0 Å². The van der Waals surface area contributed by atoms with Crippen LogP contribution in [0.25, 0.3) is 0 Å². The molecule has 0 aliphatic rings. The zero-order valence-corrected chi connectivity index (χ0v) is 24.6. The molecule has 0 heterocycles. The number of hydrogen-bond acceptors (Lipinski definition) is 9. The van der Waals surface area contributed by atoms with Gasteiger partial charge in [0, 0.05) is 13.5 Å². The summed E-state index contributed by atoms with van der Waals surface area (Å²) >= 11 is 0. The van der Waals surface area contributed by atoms with Crippen LogP contribution >= 0.6 is 0 Å². The Balaban J connectivity index is 6.45. The Morgan fingerprint density at radius 1 is 0.921 bits per heavy atom. The highest BCUT2D eigenvalue weighted by molar-refractivity contribution is 5.94. The lowest BCUT2D eigenvalue weighted by molar-refractivity contribution is -0.189. The van der Waals surface area contributed by atoms with Crippen LogP contribution < -0.4 is 10.6 Å². The minimum absolute atomic E-state index is 0.0360. The molecule has 0 saturated carbocycles. The Kier molecular flexibility index (Phi) is 15.9. The van der Waals surface area contributed by atoms with Gasteiger partial charge in [0.15, 0.2) is 5.78 Å². The first-order valence-corrected chi connectivity index (χ1v) is 13.5. The van der Waals surface area contributed by atoms with Gasteiger partial charge in [0.25, 0.3) is 0 Å². The fraction of sp³-hybridized carbons (Fsp3) is 0.852. The molecule has 0 aromatic heterocycles. The van der Waals surface area contributed by atoms with E-state index in [9.17, 15) is 34.5 Å². The maximum atomic E-state index is 13.7. The summed E-state index contributed by atoms with van der Waals surface area (Å²) in [5.74, 6) is -3.84. The third-order valence-electron chi connectivity index (χ3n) is 7.30. The fourth-order valence-corrected chi connectivity index (χ4v) is 4.59. The van der Waals surface area contributed by atoms with Crippen LogP contribution in [0.15, 0.2) is 0 Å². The molecule has 0 saturated heterocycles. The van der Waals surface area contributed by atoms with Crippen molar-refractivity contribution in [3.63, 3.8) is 0 Å². The number of carboxylic acids is 1. The van der Waals surface area contributed by atoms with Crippen molar-refractivity contribution in [2.75, 3.05) is 21.1 Å². The van der Waals surface area contributed by atoms with Crippen molar-refractivity contribution in [2.24, 2.45) is 11.8 Å². The molecule has 0 rings (SSSR count). The van der Waals surface area contributed by atoms with Crippen molar-refractivity contribution >= 4 is 23.6 Å². The number of amides is 1. The zero-order valence-electron chi connectivity index (χ0n) is 24.6. The molecule has 0 radical (unpaired) electrons. The van der Waals surface area contributed by atoms with E-state index in [1.165, 1.54) is 18.9 Å². The highest BCUT2D eigenvalue weighted by Crippen LogP contribution is 2.29. The number of ether oxygens (including phenoxy) is 1. The Hall–Kier alpha value is -2.08. The number of carboxylic acid groups (broad SMARTS) is 1. The van der Waals surface area contributed by atoms with Gasteiger partial charge in [-0.15, -0.1) is 0 Å². The number of aliphatic carboxylic acids is 1. The summed E-state index contributed by atoms with van der Waals surface area (Å²) < 4.78 is 5.65. The normalized spacial score (nSPS) is 18.7. The monoisotopic (exact) mass is 545 g/mol. The average Bonchev–Trinajstić information content (AvgIpc) is 2.82. The van der Waals surface area contributed by atoms with Crippen LogP contribution in [0.2, 0.25) is 0 Å². The van der Waals surface area contributed by atoms with Gasteiger partial charge in [0.1, 0.15) is 6.04 Å². The third-order valence-corrected chi connectivity index (χ3v) is 7.30. The summed E-state index contributed by atoms with van der Waals surface area (Å²) in [4.78, 5) is 53.8. The van der Waals surface area contributed by atoms with Gasteiger partial charge in [-0.2, -0.15) is 0 Å². The number of aliphatic hydroxyl groups excluding tert-OH is 2. The van der Waals surface area contributed by atoms with Crippen LogP contribution in [0.4, 0.5) is 0 Å². The lowest BCUT2D eigenvalue weighted by atomic mass is 9.87. The number of aliphatic hydroxyl groups is 2. The molecular weight excluding hydrogens is 494 g/mol. The van der Waals surface area contributed by atoms with Crippen molar-refractivity contribution in [2.45, 2.75) is 116 Å². The van der Waals surface area contributed by atoms with Crippen molar-refractivity contribution in [3.8, 4) is 0 Å². The van der Waals surface area contributed by atoms with Gasteiger partial charge < -0.3 is 35.6 Å². The number of nitrogens with zero attached hydrogens (tertiary/aromatic N) is 1. The van der Waals surface area contributed by atoms with Crippen molar-refractivity contribution in [1.29, 1.82) is 0 Å². The van der Waals surface area contributed by atoms with Crippen LogP contribution in [0.1, 0.15) is 80.1 Å². The number of esters is 1. The molecular formula is C27H51N3O8. The largest absolute Gasteiger partial charge is 0.478 e. The number of carbonyl (C=O) groups is 4. The van der Waals surface area contributed by atoms with E-state index < -0.39 is 72.4 Å². The SMILES string of the molecule is CC[C@H](C)[C@H](NC)C(=O)N(C)[C@H](C(=O)OC(CC(=O)[C@H](C)NC)(CC(C)O)C(=O)O)[C@@H](C)CCCC(C)O. The number of hydrogen-bond donors (Lipinski definition) is 5. The van der Waals surface area contributed by atoms with Gasteiger partial charge in [-0.25, -0.2) is 9.59 Å². The third kappa shape index (κ3) is 10.6. The highest BCUT2D eigenvalue weighted by Gasteiger charge is 2.49. The number of carbonyl (C=O) groups excluding carboxylic acids is 3. The van der Waals surface area contributed by atoms with E-state index in [1.54, 1.807) is 34.9 Å². The molecule has 11 nitrogen and oxygen atoms in total. The topological polar surface area (TPSA) is 166 Å². The smallest absolute Gasteiger partial charge is 0.348 e. The van der Waals surface area contributed by atoms with Crippen LogP contribution in [0.5, 0.6) is 0 Å². The minimum Gasteiger partial charge on any atom is -0.478 e. The number of nitrogens with one attached hydrogen (secondary N) is 2. The summed E-state index contributed by atoms with van der Waals surface area (Å²) in [6, 6.07) is -2.43. The second kappa shape index (κ2) is 16.8. The van der Waals surface area contributed by atoms with E-state index in [0.717, 1.165) is 0 Å². The lowest BCUT2D eigenvalue weighted by Crippen LogP contribution is -2.57. The van der Waals surface area contributed by atoms with Gasteiger partial charge in [-0.3, -0.25) is 9.59 Å². The van der Waals surface area contributed by atoms with E-state index in [4.69, 9.17) is 4.74 Å². The van der Waals surface area contributed by atoms with Gasteiger partial charge in [-0.1, -0.05) is 33.6 Å². The maximum absolute atomic E-state index is 13.7. The zero-order chi connectivity index (χ0) is 29.8. The predicted molar refractivity (Wildman–Crippen MR) is 144 cm³/mol. The van der Waals surface area contributed by atoms with Gasteiger partial charge in [0.2, 0.25) is 11.5 Å². The van der Waals surface area contributed by atoms with E-state index in [0.29, 0.717) is 25.7 Å². The molecule has 0 aliphatic heterocycles. The molecule has 8 atom stereocenters. The Morgan fingerprint density at radius 2 is 1.50 bits per heavy atom. The molecule has 0 bridgehead atoms. The second-order valence-corrected chi connectivity index (χ2v) is 10.7. The summed E-state index contributed by atoms with van der Waals surface area (Å²) in [6.07, 6.45) is -0.617. The van der Waals surface area contributed by atoms with Gasteiger partial charge in [-0.05, 0) is 59.5 Å². The van der Waals surface area contributed by atoms with E-state index >= 15 is 0 Å². The Morgan fingerprint density at radius 3 is 1.92 bits per heavy atom. The van der Waals surface area contributed by atoms with Crippen LogP contribution in [0, 0.1) is 11.8 Å². The minimum atomic E-state index is -2.31. The van der Waals surface area contributed by atoms with E-state index in [1.807, 2.05) is 13.8 Å². The predicted octanol–water partition coefficient (Wildman–Crippen LogP) is 1.34. The van der Waals surface area contributed by atoms with Crippen molar-refractivity contribution < 1.29 is 39.2 Å². The number of likely N-dealkylation sites (N-methyl/N-ethyl adjacent to an activating group) is 3. The summed E-state index contributed by atoms with van der Waals surface area (Å²) in [5.41, 5.74) is -2.31. The van der Waals surface area contributed by atoms with Gasteiger partial charge in [0.05, 0.1) is 30.7 Å². The first-order chi connectivity index (χ1) is 17.6. The molecule has 222 valence electrons.